The van der Waals surface area contributed by atoms with Crippen LogP contribution in [0.5, 0.6) is 5.75 Å². The number of allylic oxidation sites excluding steroid dienone is 2. The highest BCUT2D eigenvalue weighted by Gasteiger charge is 2.41. The van der Waals surface area contributed by atoms with Crippen LogP contribution in [-0.4, -0.2) is 39.8 Å². The number of carbonyl (C=O) groups is 2. The van der Waals surface area contributed by atoms with E-state index in [1.54, 1.807) is 18.2 Å². The summed E-state index contributed by atoms with van der Waals surface area (Å²) in [4.78, 5) is 29.6. The number of unbranched alkanes of at least 4 members (excludes halogenated alkanes) is 2. The number of nitrogen functional groups attached to an aromatic ring is 1. The van der Waals surface area contributed by atoms with Crippen molar-refractivity contribution in [1.82, 2.24) is 9.80 Å². The first-order chi connectivity index (χ1) is 13.9. The van der Waals surface area contributed by atoms with Gasteiger partial charge in [-0.05, 0) is 55.8 Å². The van der Waals surface area contributed by atoms with Crippen molar-refractivity contribution in [2.75, 3.05) is 18.8 Å². The Bertz CT molecular complexity index is 888. The van der Waals surface area contributed by atoms with E-state index in [9.17, 15) is 9.59 Å². The van der Waals surface area contributed by atoms with Gasteiger partial charge < -0.3 is 10.5 Å². The van der Waals surface area contributed by atoms with Crippen molar-refractivity contribution < 1.29 is 14.3 Å². The van der Waals surface area contributed by atoms with Gasteiger partial charge in [-0.1, -0.05) is 26.7 Å². The predicted octanol–water partition coefficient (Wildman–Crippen LogP) is 3.87. The zero-order valence-corrected chi connectivity index (χ0v) is 18.0. The van der Waals surface area contributed by atoms with Crippen LogP contribution in [0.15, 0.2) is 35.6 Å². The number of nitrogens with zero attached hydrogens (tertiary/aromatic N) is 2. The lowest BCUT2D eigenvalue weighted by Crippen LogP contribution is -2.57. The van der Waals surface area contributed by atoms with Crippen molar-refractivity contribution in [3.05, 3.63) is 41.2 Å². The summed E-state index contributed by atoms with van der Waals surface area (Å²) in [6, 6.07) is 5.38. The molecule has 2 heterocycles. The summed E-state index contributed by atoms with van der Waals surface area (Å²) < 4.78 is 5.99. The normalized spacial score (nSPS) is 16.8. The van der Waals surface area contributed by atoms with Gasteiger partial charge in [-0.25, -0.2) is 0 Å². The average molecular weight is 414 g/mol. The van der Waals surface area contributed by atoms with E-state index in [1.807, 2.05) is 13.0 Å². The predicted molar refractivity (Wildman–Crippen MR) is 118 cm³/mol. The Labute approximate surface area is 177 Å². The minimum Gasteiger partial charge on any atom is -0.456 e. The average Bonchev–Trinajstić information content (AvgIpc) is 2.67. The molecule has 2 amide bonds. The number of thiocarbonyl (C=S) groups is 1. The number of anilines is 1. The molecule has 1 fully saturated rings. The van der Waals surface area contributed by atoms with Crippen molar-refractivity contribution >= 4 is 40.4 Å². The first kappa shape index (κ1) is 21.0. The molecule has 7 heteroatoms. The quantitative estimate of drug-likeness (QED) is 0.332. The van der Waals surface area contributed by atoms with Crippen molar-refractivity contribution in [2.24, 2.45) is 0 Å². The number of amides is 2. The van der Waals surface area contributed by atoms with E-state index in [1.165, 1.54) is 9.80 Å². The minimum atomic E-state index is -0.396. The van der Waals surface area contributed by atoms with Crippen LogP contribution in [-0.2, 0) is 9.59 Å². The van der Waals surface area contributed by atoms with Crippen LogP contribution >= 0.6 is 12.2 Å². The van der Waals surface area contributed by atoms with Crippen LogP contribution in [0.4, 0.5) is 5.69 Å². The maximum Gasteiger partial charge on any atom is 0.269 e. The first-order valence-electron chi connectivity index (χ1n) is 10.1. The molecule has 2 aliphatic rings. The molecule has 0 atom stereocenters. The summed E-state index contributed by atoms with van der Waals surface area (Å²) in [6.07, 6.45) is 5.19. The van der Waals surface area contributed by atoms with Gasteiger partial charge in [0.25, 0.3) is 11.8 Å². The fraction of sp³-hybridized carbons (Fsp3) is 0.409. The standard InChI is InChI=1S/C22H27N3O3S/c1-4-6-10-24-20(26)19(21(27)25(22(24)29)11-7-5-2)18-12-14(3)16-9-8-15(23)13-17(16)28-18/h8-9,12-13H,4-7,10-11,23H2,1-3H3. The molecule has 6 nitrogen and oxygen atoms in total. The van der Waals surface area contributed by atoms with E-state index in [0.29, 0.717) is 24.5 Å². The number of hydrogen-bond donors (Lipinski definition) is 1. The van der Waals surface area contributed by atoms with Crippen molar-refractivity contribution in [1.29, 1.82) is 0 Å². The van der Waals surface area contributed by atoms with Gasteiger partial charge in [0, 0.05) is 30.4 Å². The Morgan fingerprint density at radius 3 is 2.17 bits per heavy atom. The Morgan fingerprint density at radius 1 is 1.03 bits per heavy atom. The second-order valence-corrected chi connectivity index (χ2v) is 7.69. The Morgan fingerprint density at radius 2 is 1.62 bits per heavy atom. The fourth-order valence-corrected chi connectivity index (χ4v) is 3.76. The van der Waals surface area contributed by atoms with E-state index in [-0.39, 0.29) is 16.4 Å². The zero-order valence-electron chi connectivity index (χ0n) is 17.2. The lowest BCUT2D eigenvalue weighted by Gasteiger charge is -2.37. The minimum absolute atomic E-state index is 0.0261. The topological polar surface area (TPSA) is 75.9 Å². The summed E-state index contributed by atoms with van der Waals surface area (Å²) >= 11 is 5.50. The molecule has 2 N–H and O–H groups in total. The summed E-state index contributed by atoms with van der Waals surface area (Å²) in [5.74, 6) is 0.00256. The number of ether oxygens (including phenoxy) is 1. The number of benzene rings is 1. The van der Waals surface area contributed by atoms with E-state index < -0.39 is 11.8 Å². The summed E-state index contributed by atoms with van der Waals surface area (Å²) in [5, 5.41) is 0.285. The first-order valence-corrected chi connectivity index (χ1v) is 10.5. The lowest BCUT2D eigenvalue weighted by molar-refractivity contribution is -0.134. The highest BCUT2D eigenvalue weighted by atomic mass is 32.1. The third-order valence-corrected chi connectivity index (χ3v) is 5.54. The van der Waals surface area contributed by atoms with Crippen LogP contribution < -0.4 is 10.5 Å². The van der Waals surface area contributed by atoms with E-state index in [0.717, 1.165) is 36.8 Å². The molecule has 1 saturated heterocycles. The van der Waals surface area contributed by atoms with Crippen molar-refractivity contribution in [3.8, 4) is 5.75 Å². The van der Waals surface area contributed by atoms with Gasteiger partial charge in [-0.3, -0.25) is 19.4 Å². The molecule has 0 radical (unpaired) electrons. The maximum atomic E-state index is 13.3. The third-order valence-electron chi connectivity index (χ3n) is 5.09. The molecule has 0 bridgehead atoms. The van der Waals surface area contributed by atoms with Gasteiger partial charge >= 0.3 is 0 Å². The van der Waals surface area contributed by atoms with Gasteiger partial charge in [0.05, 0.1) is 0 Å². The Kier molecular flexibility index (Phi) is 6.37. The molecule has 29 heavy (non-hydrogen) atoms. The number of carbonyl (C=O) groups excluding carboxylic acids is 2. The number of rotatable bonds is 6. The van der Waals surface area contributed by atoms with Gasteiger partial charge in [0.1, 0.15) is 17.1 Å². The second-order valence-electron chi connectivity index (χ2n) is 7.33. The monoisotopic (exact) mass is 413 g/mol. The number of fused-ring (bicyclic) bond motifs is 1. The van der Waals surface area contributed by atoms with Crippen LogP contribution in [0.25, 0.3) is 5.57 Å². The highest BCUT2D eigenvalue weighted by Crippen LogP contribution is 2.36. The van der Waals surface area contributed by atoms with Crippen LogP contribution in [0.1, 0.15) is 52.0 Å². The fourth-order valence-electron chi connectivity index (χ4n) is 3.41. The van der Waals surface area contributed by atoms with Crippen LogP contribution in [0, 0.1) is 0 Å². The maximum absolute atomic E-state index is 13.3. The summed E-state index contributed by atoms with van der Waals surface area (Å²) in [5.41, 5.74) is 8.27. The SMILES string of the molecule is CCCCN1C(=O)C(=C2C=C(C)c3ccc(N)cc3O2)C(=O)N(CCCC)C1=S. The van der Waals surface area contributed by atoms with Gasteiger partial charge in [-0.15, -0.1) is 0 Å². The van der Waals surface area contributed by atoms with Gasteiger partial charge in [0.15, 0.2) is 5.11 Å². The molecule has 0 aliphatic carbocycles. The van der Waals surface area contributed by atoms with Gasteiger partial charge in [-0.2, -0.15) is 0 Å². The summed E-state index contributed by atoms with van der Waals surface area (Å²) in [6.45, 7) is 6.98. The molecule has 1 aromatic rings. The molecule has 154 valence electrons. The second kappa shape index (κ2) is 8.78. The number of nitrogens with two attached hydrogens (primary N) is 1. The van der Waals surface area contributed by atoms with Crippen molar-refractivity contribution in [2.45, 2.75) is 46.5 Å². The van der Waals surface area contributed by atoms with Crippen molar-refractivity contribution in [3.63, 3.8) is 0 Å². The Hall–Kier alpha value is -2.67. The molecule has 0 spiro atoms. The molecular weight excluding hydrogens is 386 g/mol. The number of hydrogen-bond acceptors (Lipinski definition) is 5. The van der Waals surface area contributed by atoms with Crippen LogP contribution in [0.2, 0.25) is 0 Å². The molecule has 2 aliphatic heterocycles. The highest BCUT2D eigenvalue weighted by molar-refractivity contribution is 7.80. The van der Waals surface area contributed by atoms with E-state index in [4.69, 9.17) is 22.7 Å². The molecule has 3 rings (SSSR count). The summed E-state index contributed by atoms with van der Waals surface area (Å²) in [7, 11) is 0. The molecule has 0 unspecified atom stereocenters. The smallest absolute Gasteiger partial charge is 0.269 e. The molecule has 0 aromatic heterocycles. The third kappa shape index (κ3) is 4.05. The Balaban J connectivity index is 2.07. The zero-order chi connectivity index (χ0) is 21.1. The van der Waals surface area contributed by atoms with Crippen LogP contribution in [0.3, 0.4) is 0 Å². The van der Waals surface area contributed by atoms with E-state index >= 15 is 0 Å². The largest absolute Gasteiger partial charge is 0.456 e. The van der Waals surface area contributed by atoms with E-state index in [2.05, 4.69) is 13.8 Å². The van der Waals surface area contributed by atoms with Gasteiger partial charge in [0.2, 0.25) is 0 Å². The molecular formula is C22H27N3O3S. The molecule has 1 aromatic carbocycles. The lowest BCUT2D eigenvalue weighted by atomic mass is 9.99. The molecule has 0 saturated carbocycles.